The molecule has 7 nitrogen and oxygen atoms in total. The van der Waals surface area contributed by atoms with Crippen LogP contribution in [-0.2, 0) is 6.54 Å². The molecule has 1 aliphatic rings. The highest BCUT2D eigenvalue weighted by Gasteiger charge is 2.27. The van der Waals surface area contributed by atoms with Crippen LogP contribution in [-0.4, -0.2) is 65.2 Å². The Balaban J connectivity index is 1.52. The van der Waals surface area contributed by atoms with Gasteiger partial charge in [-0.1, -0.05) is 18.2 Å². The molecule has 1 aliphatic heterocycles. The number of carbonyl (C=O) groups excluding carboxylic acids is 1. The summed E-state index contributed by atoms with van der Waals surface area (Å²) in [4.78, 5) is 21.3. The summed E-state index contributed by atoms with van der Waals surface area (Å²) in [5.74, 6) is 1.06. The number of carbonyl (C=O) groups is 1. The van der Waals surface area contributed by atoms with Crippen molar-refractivity contribution in [2.24, 2.45) is 0 Å². The highest BCUT2D eigenvalue weighted by Crippen LogP contribution is 2.29. The van der Waals surface area contributed by atoms with Gasteiger partial charge in [0.1, 0.15) is 11.3 Å². The second-order valence-corrected chi connectivity index (χ2v) is 7.81. The number of fused-ring (bicyclic) bond motifs is 1. The average molecular weight is 393 g/mol. The van der Waals surface area contributed by atoms with E-state index in [-0.39, 0.29) is 11.8 Å². The average Bonchev–Trinajstić information content (AvgIpc) is 3.22. The molecule has 4 rings (SSSR count). The Kier molecular flexibility index (Phi) is 5.49. The van der Waals surface area contributed by atoms with E-state index in [0.717, 1.165) is 60.5 Å². The number of pyridine rings is 1. The highest BCUT2D eigenvalue weighted by atomic mass is 16.5. The summed E-state index contributed by atoms with van der Waals surface area (Å²) in [6.45, 7) is 2.67. The molecule has 1 unspecified atom stereocenters. The first-order valence-electron chi connectivity index (χ1n) is 9.96. The number of nitrogens with one attached hydrogen (secondary N) is 1. The maximum atomic E-state index is 12.5. The molecular weight excluding hydrogens is 366 g/mol. The number of hydrogen-bond acceptors (Lipinski definition) is 5. The molecule has 0 bridgehead atoms. The zero-order chi connectivity index (χ0) is 20.4. The summed E-state index contributed by atoms with van der Waals surface area (Å²) in [7, 11) is 5.22. The number of nitrogens with zero attached hydrogens (tertiary/aromatic N) is 4. The fraction of sp³-hybridized carbons (Fsp3) is 0.409. The zero-order valence-electron chi connectivity index (χ0n) is 17.2. The Morgan fingerprint density at radius 1 is 1.31 bits per heavy atom. The number of hydrogen-bond donors (Lipinski definition) is 1. The van der Waals surface area contributed by atoms with Gasteiger partial charge in [0.25, 0.3) is 5.91 Å². The van der Waals surface area contributed by atoms with Crippen LogP contribution in [0.3, 0.4) is 0 Å². The maximum Gasteiger partial charge on any atom is 0.256 e. The van der Waals surface area contributed by atoms with Gasteiger partial charge in [0.15, 0.2) is 0 Å². The molecule has 152 valence electrons. The Labute approximate surface area is 170 Å². The number of benzene rings is 1. The second-order valence-electron chi connectivity index (χ2n) is 7.81. The van der Waals surface area contributed by atoms with Crippen LogP contribution in [0.1, 0.15) is 40.5 Å². The van der Waals surface area contributed by atoms with Gasteiger partial charge in [-0.2, -0.15) is 5.10 Å². The van der Waals surface area contributed by atoms with Crippen LogP contribution in [0.2, 0.25) is 0 Å². The SMILES string of the molecule is COc1cccc2ccc(CN3CCCC(c4[nH]ncc4C(=O)N(C)C)C3)nc12. The van der Waals surface area contributed by atoms with E-state index in [1.807, 2.05) is 18.2 Å². The summed E-state index contributed by atoms with van der Waals surface area (Å²) in [6, 6.07) is 10.2. The number of H-pyrrole nitrogens is 1. The summed E-state index contributed by atoms with van der Waals surface area (Å²) in [6.07, 6.45) is 3.77. The number of piperidine rings is 1. The highest BCUT2D eigenvalue weighted by molar-refractivity contribution is 5.94. The number of methoxy groups -OCH3 is 1. The van der Waals surface area contributed by atoms with Gasteiger partial charge in [0.05, 0.1) is 30.3 Å². The fourth-order valence-electron chi connectivity index (χ4n) is 4.10. The molecule has 1 atom stereocenters. The molecule has 1 aromatic carbocycles. The van der Waals surface area contributed by atoms with E-state index in [1.54, 1.807) is 32.3 Å². The third-order valence-corrected chi connectivity index (χ3v) is 5.57. The summed E-state index contributed by atoms with van der Waals surface area (Å²) >= 11 is 0. The van der Waals surface area contributed by atoms with Crippen LogP contribution < -0.4 is 4.74 Å². The first-order valence-corrected chi connectivity index (χ1v) is 9.96. The van der Waals surface area contributed by atoms with Crippen molar-refractivity contribution in [3.8, 4) is 5.75 Å². The van der Waals surface area contributed by atoms with Crippen LogP contribution >= 0.6 is 0 Å². The Hall–Kier alpha value is -2.93. The fourth-order valence-corrected chi connectivity index (χ4v) is 4.10. The van der Waals surface area contributed by atoms with Crippen molar-refractivity contribution in [2.75, 3.05) is 34.3 Å². The number of ether oxygens (including phenoxy) is 1. The van der Waals surface area contributed by atoms with Crippen molar-refractivity contribution in [3.63, 3.8) is 0 Å². The molecular formula is C22H27N5O2. The van der Waals surface area contributed by atoms with Gasteiger partial charge >= 0.3 is 0 Å². The van der Waals surface area contributed by atoms with E-state index in [2.05, 4.69) is 27.2 Å². The van der Waals surface area contributed by atoms with Crippen molar-refractivity contribution in [2.45, 2.75) is 25.3 Å². The lowest BCUT2D eigenvalue weighted by molar-refractivity contribution is 0.0825. The number of aromatic amines is 1. The quantitative estimate of drug-likeness (QED) is 0.721. The van der Waals surface area contributed by atoms with Crippen LogP contribution in [0.25, 0.3) is 10.9 Å². The van der Waals surface area contributed by atoms with Gasteiger partial charge in [0.2, 0.25) is 0 Å². The number of para-hydroxylation sites is 1. The van der Waals surface area contributed by atoms with Crippen molar-refractivity contribution >= 4 is 16.8 Å². The molecule has 3 heterocycles. The van der Waals surface area contributed by atoms with Crippen molar-refractivity contribution in [1.82, 2.24) is 25.0 Å². The van der Waals surface area contributed by atoms with Gasteiger partial charge < -0.3 is 9.64 Å². The van der Waals surface area contributed by atoms with Gasteiger partial charge in [0, 0.05) is 38.5 Å². The number of rotatable bonds is 5. The molecule has 3 aromatic rings. The molecule has 29 heavy (non-hydrogen) atoms. The minimum Gasteiger partial charge on any atom is -0.494 e. The molecule has 1 saturated heterocycles. The molecule has 0 aliphatic carbocycles. The molecule has 1 fully saturated rings. The van der Waals surface area contributed by atoms with Crippen LogP contribution in [0.5, 0.6) is 5.75 Å². The minimum absolute atomic E-state index is 0.00540. The Morgan fingerprint density at radius 2 is 2.17 bits per heavy atom. The summed E-state index contributed by atoms with van der Waals surface area (Å²) in [5.41, 5.74) is 3.54. The molecule has 0 radical (unpaired) electrons. The number of aromatic nitrogens is 3. The number of amides is 1. The van der Waals surface area contributed by atoms with E-state index < -0.39 is 0 Å². The van der Waals surface area contributed by atoms with E-state index >= 15 is 0 Å². The lowest BCUT2D eigenvalue weighted by Gasteiger charge is -2.32. The largest absolute Gasteiger partial charge is 0.494 e. The third kappa shape index (κ3) is 3.96. The smallest absolute Gasteiger partial charge is 0.256 e. The monoisotopic (exact) mass is 393 g/mol. The third-order valence-electron chi connectivity index (χ3n) is 5.57. The van der Waals surface area contributed by atoms with Crippen molar-refractivity contribution < 1.29 is 9.53 Å². The Morgan fingerprint density at radius 3 is 2.97 bits per heavy atom. The van der Waals surface area contributed by atoms with E-state index in [0.29, 0.717) is 5.56 Å². The molecule has 1 amide bonds. The molecule has 7 heteroatoms. The predicted octanol–water partition coefficient (Wildman–Crippen LogP) is 3.05. The Bertz CT molecular complexity index is 1010. The minimum atomic E-state index is -0.00540. The zero-order valence-corrected chi connectivity index (χ0v) is 17.2. The first kappa shape index (κ1) is 19.4. The molecule has 1 N–H and O–H groups in total. The van der Waals surface area contributed by atoms with Crippen LogP contribution in [0.15, 0.2) is 36.5 Å². The standard InChI is InChI=1S/C22H27N5O2/c1-26(2)22(28)18-12-23-25-20(18)16-7-5-11-27(13-16)14-17-10-9-15-6-4-8-19(29-3)21(15)24-17/h4,6,8-10,12,16H,5,7,11,13-14H2,1-3H3,(H,23,25). The van der Waals surface area contributed by atoms with Crippen LogP contribution in [0.4, 0.5) is 0 Å². The maximum absolute atomic E-state index is 12.5. The van der Waals surface area contributed by atoms with Gasteiger partial charge in [-0.3, -0.25) is 14.8 Å². The van der Waals surface area contributed by atoms with Crippen LogP contribution in [0, 0.1) is 0 Å². The summed E-state index contributed by atoms with van der Waals surface area (Å²) in [5, 5.41) is 8.30. The van der Waals surface area contributed by atoms with E-state index in [9.17, 15) is 4.79 Å². The van der Waals surface area contributed by atoms with Crippen molar-refractivity contribution in [3.05, 3.63) is 53.5 Å². The van der Waals surface area contributed by atoms with Crippen molar-refractivity contribution in [1.29, 1.82) is 0 Å². The lowest BCUT2D eigenvalue weighted by Crippen LogP contribution is -2.35. The lowest BCUT2D eigenvalue weighted by atomic mass is 9.92. The second kappa shape index (κ2) is 8.21. The van der Waals surface area contributed by atoms with Gasteiger partial charge in [-0.05, 0) is 31.5 Å². The van der Waals surface area contributed by atoms with Gasteiger partial charge in [-0.25, -0.2) is 4.98 Å². The van der Waals surface area contributed by atoms with E-state index in [1.165, 1.54) is 0 Å². The predicted molar refractivity (Wildman–Crippen MR) is 112 cm³/mol. The van der Waals surface area contributed by atoms with E-state index in [4.69, 9.17) is 9.72 Å². The molecule has 0 saturated carbocycles. The first-order chi connectivity index (χ1) is 14.1. The summed E-state index contributed by atoms with van der Waals surface area (Å²) < 4.78 is 5.47. The molecule has 2 aromatic heterocycles. The topological polar surface area (TPSA) is 74.3 Å². The van der Waals surface area contributed by atoms with Gasteiger partial charge in [-0.15, -0.1) is 0 Å². The normalized spacial score (nSPS) is 17.4. The number of likely N-dealkylation sites (tertiary alicyclic amines) is 1. The molecule has 0 spiro atoms.